The molecule has 0 aliphatic rings. The highest BCUT2D eigenvalue weighted by atomic mass is 28.5. The highest BCUT2D eigenvalue weighted by Gasteiger charge is 2.38. The molecule has 0 bridgehead atoms. The third kappa shape index (κ3) is 20.3. The molecule has 0 spiro atoms. The number of hydrogen-bond acceptors (Lipinski definition) is 7. The molecular weight excluding hydrogens is 441 g/mol. The SMILES string of the molecule is COCCOCCOCCOCCC[Si](C)(O[SiH](C)O[Si](C)(C)C)O[Si](C)(C)C. The lowest BCUT2D eigenvalue weighted by Crippen LogP contribution is -2.51. The molecule has 0 amide bonds. The molecule has 2 unspecified atom stereocenters. The van der Waals surface area contributed by atoms with Gasteiger partial charge in [0.2, 0.25) is 0 Å². The van der Waals surface area contributed by atoms with Gasteiger partial charge in [-0.25, -0.2) is 0 Å². The summed E-state index contributed by atoms with van der Waals surface area (Å²) in [5.74, 6) is 0. The number of methoxy groups -OCH3 is 1. The predicted octanol–water partition coefficient (Wildman–Crippen LogP) is 3.71. The zero-order valence-electron chi connectivity index (χ0n) is 20.3. The third-order valence-corrected chi connectivity index (χ3v) is 16.5. The van der Waals surface area contributed by atoms with E-state index in [9.17, 15) is 0 Å². The minimum atomic E-state index is -2.26. The van der Waals surface area contributed by atoms with Crippen LogP contribution in [0.15, 0.2) is 0 Å². The van der Waals surface area contributed by atoms with Crippen molar-refractivity contribution in [3.8, 4) is 0 Å². The molecule has 0 aromatic carbocycles. The quantitative estimate of drug-likeness (QED) is 0.204. The molecule has 0 aliphatic heterocycles. The maximum atomic E-state index is 6.53. The van der Waals surface area contributed by atoms with Crippen LogP contribution in [0.4, 0.5) is 0 Å². The van der Waals surface area contributed by atoms with Crippen molar-refractivity contribution < 1.29 is 31.3 Å². The van der Waals surface area contributed by atoms with Crippen LogP contribution in [0.5, 0.6) is 0 Å². The van der Waals surface area contributed by atoms with Gasteiger partial charge in [0.25, 0.3) is 9.28 Å². The second kappa shape index (κ2) is 15.4. The Kier molecular flexibility index (Phi) is 15.7. The summed E-state index contributed by atoms with van der Waals surface area (Å²) in [6, 6.07) is 0.928. The first-order valence-electron chi connectivity index (χ1n) is 10.6. The van der Waals surface area contributed by atoms with Crippen molar-refractivity contribution in [1.29, 1.82) is 0 Å². The summed E-state index contributed by atoms with van der Waals surface area (Å²) in [7, 11) is -5.56. The lowest BCUT2D eigenvalue weighted by atomic mass is 10.5. The van der Waals surface area contributed by atoms with Crippen molar-refractivity contribution in [2.24, 2.45) is 0 Å². The van der Waals surface area contributed by atoms with Crippen LogP contribution in [0.25, 0.3) is 0 Å². The van der Waals surface area contributed by atoms with E-state index in [0.717, 1.165) is 12.5 Å². The van der Waals surface area contributed by atoms with Gasteiger partial charge in [-0.15, -0.1) is 0 Å². The smallest absolute Gasteiger partial charge is 0.315 e. The zero-order valence-corrected chi connectivity index (χ0v) is 24.5. The first kappa shape index (κ1) is 29.6. The van der Waals surface area contributed by atoms with Gasteiger partial charge in [0.1, 0.15) is 0 Å². The highest BCUT2D eigenvalue weighted by molar-refractivity contribution is 6.85. The fourth-order valence-corrected chi connectivity index (χ4v) is 17.7. The van der Waals surface area contributed by atoms with Gasteiger partial charge in [0, 0.05) is 13.7 Å². The molecule has 0 saturated heterocycles. The van der Waals surface area contributed by atoms with Crippen molar-refractivity contribution in [2.45, 2.75) is 64.8 Å². The minimum absolute atomic E-state index is 0.579. The van der Waals surface area contributed by atoms with Gasteiger partial charge in [-0.05, 0) is 64.8 Å². The summed E-state index contributed by atoms with van der Waals surface area (Å²) in [6.45, 7) is 21.9. The zero-order chi connectivity index (χ0) is 22.4. The standard InChI is InChI=1S/C18H46O7Si4/c1-19-12-13-21-16-17-22-15-14-20-11-10-18-29(9,25-28(6,7)8)24-26(2)23-27(3,4)5/h26H,10-18H2,1-9H3. The molecular formula is C18H46O7Si4. The molecule has 0 saturated carbocycles. The van der Waals surface area contributed by atoms with Gasteiger partial charge in [-0.3, -0.25) is 0 Å². The Bertz CT molecular complexity index is 405. The van der Waals surface area contributed by atoms with Gasteiger partial charge < -0.3 is 31.3 Å². The number of rotatable bonds is 19. The maximum Gasteiger partial charge on any atom is 0.315 e. The first-order chi connectivity index (χ1) is 13.4. The lowest BCUT2D eigenvalue weighted by molar-refractivity contribution is 0.00365. The molecule has 11 heteroatoms. The van der Waals surface area contributed by atoms with Crippen molar-refractivity contribution in [1.82, 2.24) is 0 Å². The lowest BCUT2D eigenvalue weighted by Gasteiger charge is -2.37. The molecule has 0 rings (SSSR count). The minimum Gasteiger partial charge on any atom is -0.439 e. The van der Waals surface area contributed by atoms with E-state index in [1.54, 1.807) is 7.11 Å². The fraction of sp³-hybridized carbons (Fsp3) is 1.00. The van der Waals surface area contributed by atoms with E-state index in [-0.39, 0.29) is 0 Å². The fourth-order valence-electron chi connectivity index (χ4n) is 2.83. The summed E-state index contributed by atoms with van der Waals surface area (Å²) in [5, 5.41) is 0. The van der Waals surface area contributed by atoms with Gasteiger partial charge in [-0.2, -0.15) is 0 Å². The van der Waals surface area contributed by atoms with Crippen molar-refractivity contribution >= 4 is 34.5 Å². The number of hydrogen-bond donors (Lipinski definition) is 0. The van der Waals surface area contributed by atoms with Crippen LogP contribution in [0.1, 0.15) is 6.42 Å². The average molecular weight is 487 g/mol. The maximum absolute atomic E-state index is 6.53. The molecule has 0 heterocycles. The van der Waals surface area contributed by atoms with Crippen LogP contribution in [-0.4, -0.2) is 87.8 Å². The third-order valence-electron chi connectivity index (χ3n) is 3.55. The van der Waals surface area contributed by atoms with E-state index in [2.05, 4.69) is 52.4 Å². The second-order valence-corrected chi connectivity index (χ2v) is 24.3. The Morgan fingerprint density at radius 1 is 0.621 bits per heavy atom. The van der Waals surface area contributed by atoms with Crippen LogP contribution in [-0.2, 0) is 31.3 Å². The van der Waals surface area contributed by atoms with Crippen LogP contribution in [0, 0.1) is 0 Å². The molecule has 0 fully saturated rings. The summed E-state index contributed by atoms with van der Waals surface area (Å²) >= 11 is 0. The monoisotopic (exact) mass is 486 g/mol. The molecule has 7 nitrogen and oxygen atoms in total. The van der Waals surface area contributed by atoms with Crippen LogP contribution >= 0.6 is 0 Å². The molecule has 0 aliphatic carbocycles. The summed E-state index contributed by atoms with van der Waals surface area (Å²) in [5.41, 5.74) is 0. The second-order valence-electron chi connectivity index (χ2n) is 9.20. The first-order valence-corrected chi connectivity index (χ1v) is 22.1. The summed E-state index contributed by atoms with van der Waals surface area (Å²) < 4.78 is 40.7. The molecule has 0 aromatic rings. The van der Waals surface area contributed by atoms with E-state index in [1.807, 2.05) is 0 Å². The van der Waals surface area contributed by atoms with Crippen molar-refractivity contribution in [2.75, 3.05) is 53.4 Å². The van der Waals surface area contributed by atoms with E-state index >= 15 is 0 Å². The highest BCUT2D eigenvalue weighted by Crippen LogP contribution is 2.23. The summed E-state index contributed by atoms with van der Waals surface area (Å²) in [6.07, 6.45) is 0.932. The normalized spacial score (nSPS) is 16.0. The Balaban J connectivity index is 4.09. The molecule has 2 atom stereocenters. The van der Waals surface area contributed by atoms with Crippen molar-refractivity contribution in [3.63, 3.8) is 0 Å². The van der Waals surface area contributed by atoms with E-state index in [0.29, 0.717) is 46.2 Å². The Morgan fingerprint density at radius 3 is 1.55 bits per heavy atom. The van der Waals surface area contributed by atoms with Gasteiger partial charge in [-0.1, -0.05) is 0 Å². The molecule has 0 N–H and O–H groups in total. The van der Waals surface area contributed by atoms with E-state index in [4.69, 9.17) is 31.3 Å². The van der Waals surface area contributed by atoms with Crippen LogP contribution < -0.4 is 0 Å². The summed E-state index contributed by atoms with van der Waals surface area (Å²) in [4.78, 5) is 0. The van der Waals surface area contributed by atoms with Gasteiger partial charge in [0.15, 0.2) is 16.6 Å². The molecule has 0 aromatic heterocycles. The number of ether oxygens (including phenoxy) is 4. The predicted molar refractivity (Wildman–Crippen MR) is 128 cm³/mol. The largest absolute Gasteiger partial charge is 0.439 e. The van der Waals surface area contributed by atoms with Crippen LogP contribution in [0.2, 0.25) is 58.4 Å². The van der Waals surface area contributed by atoms with Gasteiger partial charge in [0.05, 0.1) is 39.6 Å². The van der Waals surface area contributed by atoms with E-state index in [1.165, 1.54) is 0 Å². The van der Waals surface area contributed by atoms with Crippen molar-refractivity contribution in [3.05, 3.63) is 0 Å². The molecule has 29 heavy (non-hydrogen) atoms. The molecule has 0 radical (unpaired) electrons. The Morgan fingerprint density at radius 2 is 1.10 bits per heavy atom. The Hall–Kier alpha value is 0.588. The average Bonchev–Trinajstić information content (AvgIpc) is 2.52. The van der Waals surface area contributed by atoms with Gasteiger partial charge >= 0.3 is 8.56 Å². The Labute approximate surface area is 184 Å². The van der Waals surface area contributed by atoms with Crippen LogP contribution in [0.3, 0.4) is 0 Å². The topological polar surface area (TPSA) is 64.6 Å². The molecule has 176 valence electrons. The van der Waals surface area contributed by atoms with E-state index < -0.39 is 34.5 Å².